The van der Waals surface area contributed by atoms with Crippen molar-refractivity contribution < 1.29 is 19.1 Å². The summed E-state index contributed by atoms with van der Waals surface area (Å²) in [7, 11) is 3.24. The number of methoxy groups -OCH3 is 2. The first kappa shape index (κ1) is 14.9. The van der Waals surface area contributed by atoms with E-state index in [1.165, 1.54) is 0 Å². The number of hydrogen-bond donors (Lipinski definition) is 1. The van der Waals surface area contributed by atoms with Crippen LogP contribution in [-0.2, 0) is 13.1 Å². The highest BCUT2D eigenvalue weighted by Crippen LogP contribution is 2.39. The number of benzene rings is 1. The molecule has 0 bridgehead atoms. The standard InChI is InChI=1S/C16H20N2O4/c1-10-6-11(17-22-10)7-18-8-12-14(20-2)4-5-15(21-3)16(12)13(19)9-18/h4-6,13,19H,7-9H2,1-3H3/t13-/m1/s1. The molecule has 2 heterocycles. The summed E-state index contributed by atoms with van der Waals surface area (Å²) in [5.41, 5.74) is 2.63. The number of hydrogen-bond acceptors (Lipinski definition) is 6. The van der Waals surface area contributed by atoms with Crippen LogP contribution in [0.5, 0.6) is 11.5 Å². The highest BCUT2D eigenvalue weighted by atomic mass is 16.5. The van der Waals surface area contributed by atoms with E-state index in [0.717, 1.165) is 28.3 Å². The Balaban J connectivity index is 1.90. The number of β-amino-alcohol motifs (C(OH)–C–C–N with tert-alkyl or cyclic N) is 1. The molecular formula is C16H20N2O4. The number of aliphatic hydroxyl groups is 1. The predicted octanol–water partition coefficient (Wildman–Crippen LogP) is 2.05. The third-order valence-electron chi connectivity index (χ3n) is 3.92. The third-order valence-corrected chi connectivity index (χ3v) is 3.92. The molecule has 0 saturated carbocycles. The van der Waals surface area contributed by atoms with Gasteiger partial charge in [-0.25, -0.2) is 0 Å². The zero-order chi connectivity index (χ0) is 15.7. The van der Waals surface area contributed by atoms with Gasteiger partial charge in [-0.1, -0.05) is 5.16 Å². The van der Waals surface area contributed by atoms with Crippen molar-refractivity contribution in [2.75, 3.05) is 20.8 Å². The SMILES string of the molecule is COc1ccc(OC)c2c1CN(Cc1cc(C)on1)C[C@H]2O. The van der Waals surface area contributed by atoms with E-state index in [0.29, 0.717) is 25.4 Å². The quantitative estimate of drug-likeness (QED) is 0.932. The summed E-state index contributed by atoms with van der Waals surface area (Å²) >= 11 is 0. The lowest BCUT2D eigenvalue weighted by Crippen LogP contribution is -2.33. The van der Waals surface area contributed by atoms with Crippen LogP contribution in [-0.4, -0.2) is 35.9 Å². The normalized spacial score (nSPS) is 18.1. The molecule has 1 atom stereocenters. The maximum atomic E-state index is 10.5. The Hall–Kier alpha value is -2.05. The molecule has 1 aliphatic heterocycles. The third kappa shape index (κ3) is 2.67. The van der Waals surface area contributed by atoms with Gasteiger partial charge in [0.1, 0.15) is 17.3 Å². The summed E-state index contributed by atoms with van der Waals surface area (Å²) < 4.78 is 15.9. The van der Waals surface area contributed by atoms with Gasteiger partial charge >= 0.3 is 0 Å². The first-order valence-electron chi connectivity index (χ1n) is 7.18. The van der Waals surface area contributed by atoms with Crippen LogP contribution in [0, 0.1) is 6.92 Å². The van der Waals surface area contributed by atoms with Gasteiger partial charge in [0, 0.05) is 36.8 Å². The number of nitrogens with zero attached hydrogens (tertiary/aromatic N) is 2. The number of rotatable bonds is 4. The zero-order valence-electron chi connectivity index (χ0n) is 13.0. The average molecular weight is 304 g/mol. The Morgan fingerprint density at radius 2 is 2.05 bits per heavy atom. The molecule has 2 aromatic rings. The molecule has 1 aromatic carbocycles. The first-order chi connectivity index (χ1) is 10.6. The molecule has 3 rings (SSSR count). The van der Waals surface area contributed by atoms with E-state index in [9.17, 15) is 5.11 Å². The highest BCUT2D eigenvalue weighted by Gasteiger charge is 2.29. The Bertz CT molecular complexity index is 668. The molecule has 0 radical (unpaired) electrons. The Kier molecular flexibility index (Phi) is 4.04. The summed E-state index contributed by atoms with van der Waals surface area (Å²) in [5.74, 6) is 2.24. The molecule has 0 unspecified atom stereocenters. The van der Waals surface area contributed by atoms with E-state index in [1.807, 2.05) is 25.1 Å². The number of aryl methyl sites for hydroxylation is 1. The lowest BCUT2D eigenvalue weighted by atomic mass is 9.95. The second-order valence-electron chi connectivity index (χ2n) is 5.48. The maximum Gasteiger partial charge on any atom is 0.133 e. The fraction of sp³-hybridized carbons (Fsp3) is 0.438. The molecule has 22 heavy (non-hydrogen) atoms. The van der Waals surface area contributed by atoms with Crippen LogP contribution in [0.2, 0.25) is 0 Å². The number of aliphatic hydroxyl groups excluding tert-OH is 1. The number of ether oxygens (including phenoxy) is 2. The topological polar surface area (TPSA) is 68.0 Å². The lowest BCUT2D eigenvalue weighted by molar-refractivity contribution is 0.0830. The summed E-state index contributed by atoms with van der Waals surface area (Å²) in [5, 5.41) is 14.5. The first-order valence-corrected chi connectivity index (χ1v) is 7.18. The Morgan fingerprint density at radius 1 is 1.32 bits per heavy atom. The van der Waals surface area contributed by atoms with Crippen LogP contribution in [0.1, 0.15) is 28.7 Å². The van der Waals surface area contributed by atoms with E-state index in [4.69, 9.17) is 14.0 Å². The minimum atomic E-state index is -0.623. The molecule has 1 aliphatic rings. The molecule has 118 valence electrons. The number of aromatic nitrogens is 1. The second kappa shape index (κ2) is 5.98. The van der Waals surface area contributed by atoms with Gasteiger partial charge in [0.05, 0.1) is 26.0 Å². The predicted molar refractivity (Wildman–Crippen MR) is 79.9 cm³/mol. The van der Waals surface area contributed by atoms with Crippen molar-refractivity contribution >= 4 is 0 Å². The zero-order valence-corrected chi connectivity index (χ0v) is 13.0. The van der Waals surface area contributed by atoms with Gasteiger partial charge in [0.25, 0.3) is 0 Å². The van der Waals surface area contributed by atoms with E-state index < -0.39 is 6.10 Å². The average Bonchev–Trinajstić information content (AvgIpc) is 2.91. The molecule has 6 nitrogen and oxygen atoms in total. The minimum absolute atomic E-state index is 0.516. The Morgan fingerprint density at radius 3 is 2.68 bits per heavy atom. The van der Waals surface area contributed by atoms with Crippen molar-refractivity contribution in [3.63, 3.8) is 0 Å². The maximum absolute atomic E-state index is 10.5. The molecule has 0 aliphatic carbocycles. The molecule has 1 N–H and O–H groups in total. The van der Waals surface area contributed by atoms with Gasteiger partial charge in [0.2, 0.25) is 0 Å². The van der Waals surface area contributed by atoms with Crippen molar-refractivity contribution in [2.24, 2.45) is 0 Å². The van der Waals surface area contributed by atoms with Crippen molar-refractivity contribution in [1.82, 2.24) is 10.1 Å². The monoisotopic (exact) mass is 304 g/mol. The number of fused-ring (bicyclic) bond motifs is 1. The Labute approximate surface area is 129 Å². The van der Waals surface area contributed by atoms with Crippen molar-refractivity contribution in [3.05, 3.63) is 40.8 Å². The van der Waals surface area contributed by atoms with Crippen molar-refractivity contribution in [2.45, 2.75) is 26.1 Å². The van der Waals surface area contributed by atoms with Crippen LogP contribution >= 0.6 is 0 Å². The summed E-state index contributed by atoms with van der Waals surface area (Å²) in [4.78, 5) is 2.12. The lowest BCUT2D eigenvalue weighted by Gasteiger charge is -2.33. The van der Waals surface area contributed by atoms with Gasteiger partial charge in [-0.2, -0.15) is 0 Å². The van der Waals surface area contributed by atoms with Crippen molar-refractivity contribution in [3.8, 4) is 11.5 Å². The van der Waals surface area contributed by atoms with E-state index in [2.05, 4.69) is 10.1 Å². The van der Waals surface area contributed by atoms with Crippen LogP contribution < -0.4 is 9.47 Å². The molecule has 6 heteroatoms. The van der Waals surface area contributed by atoms with Gasteiger partial charge < -0.3 is 19.1 Å². The molecule has 0 fully saturated rings. The largest absolute Gasteiger partial charge is 0.496 e. The highest BCUT2D eigenvalue weighted by molar-refractivity contribution is 5.51. The smallest absolute Gasteiger partial charge is 0.133 e. The van der Waals surface area contributed by atoms with Gasteiger partial charge in [-0.05, 0) is 19.1 Å². The summed E-state index contributed by atoms with van der Waals surface area (Å²) in [6.07, 6.45) is -0.623. The van der Waals surface area contributed by atoms with Crippen molar-refractivity contribution in [1.29, 1.82) is 0 Å². The van der Waals surface area contributed by atoms with Crippen LogP contribution in [0.4, 0.5) is 0 Å². The van der Waals surface area contributed by atoms with Gasteiger partial charge in [0.15, 0.2) is 0 Å². The molecular weight excluding hydrogens is 284 g/mol. The second-order valence-corrected chi connectivity index (χ2v) is 5.48. The van der Waals surface area contributed by atoms with E-state index in [1.54, 1.807) is 14.2 Å². The van der Waals surface area contributed by atoms with E-state index >= 15 is 0 Å². The molecule has 0 spiro atoms. The molecule has 0 amide bonds. The van der Waals surface area contributed by atoms with Gasteiger partial charge in [-0.15, -0.1) is 0 Å². The fourth-order valence-corrected chi connectivity index (χ4v) is 2.99. The van der Waals surface area contributed by atoms with E-state index in [-0.39, 0.29) is 0 Å². The fourth-order valence-electron chi connectivity index (χ4n) is 2.99. The van der Waals surface area contributed by atoms with Gasteiger partial charge in [-0.3, -0.25) is 4.90 Å². The van der Waals surface area contributed by atoms with Crippen LogP contribution in [0.3, 0.4) is 0 Å². The molecule has 1 aromatic heterocycles. The van der Waals surface area contributed by atoms with Crippen LogP contribution in [0.15, 0.2) is 22.7 Å². The molecule has 0 saturated heterocycles. The minimum Gasteiger partial charge on any atom is -0.496 e. The summed E-state index contributed by atoms with van der Waals surface area (Å²) in [6.45, 7) is 3.67. The van der Waals surface area contributed by atoms with Crippen LogP contribution in [0.25, 0.3) is 0 Å². The summed E-state index contributed by atoms with van der Waals surface area (Å²) in [6, 6.07) is 5.61.